The Labute approximate surface area is 178 Å². The van der Waals surface area contributed by atoms with Gasteiger partial charge in [0.2, 0.25) is 0 Å². The molecule has 3 aromatic rings. The minimum absolute atomic E-state index is 0.0824. The van der Waals surface area contributed by atoms with Crippen molar-refractivity contribution in [2.75, 3.05) is 11.5 Å². The van der Waals surface area contributed by atoms with Crippen LogP contribution in [0.2, 0.25) is 0 Å². The second-order valence-corrected chi connectivity index (χ2v) is 7.88. The predicted octanol–water partition coefficient (Wildman–Crippen LogP) is 5.16. The first-order valence-corrected chi connectivity index (χ1v) is 10.6. The number of carbonyl (C=O) groups excluding carboxylic acids is 2. The Bertz CT molecular complexity index is 1090. The summed E-state index contributed by atoms with van der Waals surface area (Å²) in [6, 6.07) is 19.0. The van der Waals surface area contributed by atoms with E-state index in [-0.39, 0.29) is 11.3 Å². The van der Waals surface area contributed by atoms with E-state index >= 15 is 0 Å². The first-order valence-electron chi connectivity index (χ1n) is 9.74. The monoisotopic (exact) mass is 419 g/mol. The molecule has 6 heteroatoms. The maximum Gasteiger partial charge on any atom is 0.300 e. The Hall–Kier alpha value is -3.38. The molecule has 1 unspecified atom stereocenters. The van der Waals surface area contributed by atoms with Crippen LogP contribution < -0.4 is 9.64 Å². The third-order valence-electron chi connectivity index (χ3n) is 4.87. The van der Waals surface area contributed by atoms with E-state index in [1.54, 1.807) is 36.4 Å². The Balaban J connectivity index is 1.85. The maximum atomic E-state index is 13.0. The molecule has 1 aliphatic rings. The highest BCUT2D eigenvalue weighted by Gasteiger charge is 2.47. The third kappa shape index (κ3) is 3.62. The number of hydrogen-bond donors (Lipinski definition) is 1. The highest BCUT2D eigenvalue weighted by Crippen LogP contribution is 2.43. The second-order valence-electron chi connectivity index (χ2n) is 6.90. The van der Waals surface area contributed by atoms with Gasteiger partial charge < -0.3 is 9.84 Å². The number of aliphatic hydroxyl groups is 1. The van der Waals surface area contributed by atoms with Gasteiger partial charge in [-0.2, -0.15) is 0 Å². The summed E-state index contributed by atoms with van der Waals surface area (Å²) < 4.78 is 5.65. The van der Waals surface area contributed by atoms with Gasteiger partial charge in [0, 0.05) is 16.1 Å². The molecule has 152 valence electrons. The number of hydrogen-bond acceptors (Lipinski definition) is 5. The van der Waals surface area contributed by atoms with Gasteiger partial charge in [-0.25, -0.2) is 0 Å². The SMILES string of the molecule is CCCOc1cccc(/C(O)=C2/C(=O)C(=O)N(c3ccccc3)C2c2cccs2)c1. The molecule has 1 aliphatic heterocycles. The van der Waals surface area contributed by atoms with E-state index in [0.29, 0.717) is 23.6 Å². The lowest BCUT2D eigenvalue weighted by atomic mass is 9.99. The minimum atomic E-state index is -0.699. The molecule has 5 nitrogen and oxygen atoms in total. The summed E-state index contributed by atoms with van der Waals surface area (Å²) in [4.78, 5) is 28.3. The van der Waals surface area contributed by atoms with Crippen molar-refractivity contribution in [3.63, 3.8) is 0 Å². The smallest absolute Gasteiger partial charge is 0.300 e. The van der Waals surface area contributed by atoms with Gasteiger partial charge in [0.25, 0.3) is 11.7 Å². The summed E-state index contributed by atoms with van der Waals surface area (Å²) in [6.45, 7) is 2.56. The van der Waals surface area contributed by atoms with Gasteiger partial charge in [0.05, 0.1) is 12.2 Å². The number of thiophene rings is 1. The van der Waals surface area contributed by atoms with Gasteiger partial charge in [-0.15, -0.1) is 11.3 Å². The van der Waals surface area contributed by atoms with Crippen molar-refractivity contribution in [1.82, 2.24) is 0 Å². The largest absolute Gasteiger partial charge is 0.507 e. The number of ketones is 1. The Morgan fingerprint density at radius 1 is 1.07 bits per heavy atom. The van der Waals surface area contributed by atoms with Crippen LogP contribution in [0.3, 0.4) is 0 Å². The van der Waals surface area contributed by atoms with Crippen LogP contribution in [0.1, 0.15) is 29.8 Å². The molecule has 1 N–H and O–H groups in total. The lowest BCUT2D eigenvalue weighted by Crippen LogP contribution is -2.29. The van der Waals surface area contributed by atoms with Crippen molar-refractivity contribution in [2.45, 2.75) is 19.4 Å². The number of ether oxygens (including phenoxy) is 1. The van der Waals surface area contributed by atoms with Crippen LogP contribution in [0.25, 0.3) is 5.76 Å². The number of para-hydroxylation sites is 1. The number of amides is 1. The average Bonchev–Trinajstić information content (AvgIpc) is 3.40. The molecule has 30 heavy (non-hydrogen) atoms. The van der Waals surface area contributed by atoms with Crippen molar-refractivity contribution >= 4 is 34.5 Å². The van der Waals surface area contributed by atoms with Crippen LogP contribution in [-0.4, -0.2) is 23.4 Å². The topological polar surface area (TPSA) is 66.8 Å². The molecule has 2 heterocycles. The van der Waals surface area contributed by atoms with Crippen LogP contribution in [0.4, 0.5) is 5.69 Å². The fourth-order valence-corrected chi connectivity index (χ4v) is 4.34. The van der Waals surface area contributed by atoms with Gasteiger partial charge in [-0.05, 0) is 42.1 Å². The molecule has 4 rings (SSSR count). The molecular formula is C24H21NO4S. The van der Waals surface area contributed by atoms with Gasteiger partial charge >= 0.3 is 0 Å². The lowest BCUT2D eigenvalue weighted by molar-refractivity contribution is -0.132. The number of carbonyl (C=O) groups is 2. The van der Waals surface area contributed by atoms with Gasteiger partial charge in [-0.1, -0.05) is 43.3 Å². The van der Waals surface area contributed by atoms with Gasteiger partial charge in [-0.3, -0.25) is 14.5 Å². The molecule has 1 aromatic heterocycles. The van der Waals surface area contributed by atoms with Gasteiger partial charge in [0.1, 0.15) is 17.6 Å². The van der Waals surface area contributed by atoms with Crippen molar-refractivity contribution < 1.29 is 19.4 Å². The molecule has 0 aliphatic carbocycles. The number of anilines is 1. The van der Waals surface area contributed by atoms with E-state index in [0.717, 1.165) is 11.3 Å². The third-order valence-corrected chi connectivity index (χ3v) is 5.80. The van der Waals surface area contributed by atoms with Crippen molar-refractivity contribution in [3.05, 3.63) is 88.1 Å². The predicted molar refractivity (Wildman–Crippen MR) is 118 cm³/mol. The molecule has 1 atom stereocenters. The fourth-order valence-electron chi connectivity index (χ4n) is 3.51. The van der Waals surface area contributed by atoms with Crippen LogP contribution >= 0.6 is 11.3 Å². The highest BCUT2D eigenvalue weighted by molar-refractivity contribution is 7.10. The molecule has 1 saturated heterocycles. The van der Waals surface area contributed by atoms with E-state index in [1.807, 2.05) is 42.6 Å². The normalized spacial score (nSPS) is 18.0. The Morgan fingerprint density at radius 2 is 1.87 bits per heavy atom. The van der Waals surface area contributed by atoms with Crippen LogP contribution in [0, 0.1) is 0 Å². The Kier molecular flexibility index (Phi) is 5.68. The lowest BCUT2D eigenvalue weighted by Gasteiger charge is -2.24. The summed E-state index contributed by atoms with van der Waals surface area (Å²) in [6.07, 6.45) is 0.858. The van der Waals surface area contributed by atoms with Crippen molar-refractivity contribution in [3.8, 4) is 5.75 Å². The molecule has 1 amide bonds. The van der Waals surface area contributed by atoms with Crippen LogP contribution in [-0.2, 0) is 9.59 Å². The van der Waals surface area contributed by atoms with E-state index < -0.39 is 17.7 Å². The number of Topliss-reactive ketones (excluding diaryl/α,β-unsaturated/α-hetero) is 1. The fraction of sp³-hybridized carbons (Fsp3) is 0.167. The van der Waals surface area contributed by atoms with Crippen LogP contribution in [0.5, 0.6) is 5.75 Å². The number of rotatable bonds is 6. The summed E-state index contributed by atoms with van der Waals surface area (Å²) in [5.74, 6) is -0.952. The zero-order valence-electron chi connectivity index (χ0n) is 16.4. The average molecular weight is 420 g/mol. The molecule has 0 spiro atoms. The minimum Gasteiger partial charge on any atom is -0.507 e. The van der Waals surface area contributed by atoms with E-state index in [1.165, 1.54) is 16.2 Å². The maximum absolute atomic E-state index is 13.0. The summed E-state index contributed by atoms with van der Waals surface area (Å²) in [5.41, 5.74) is 1.13. The zero-order valence-corrected chi connectivity index (χ0v) is 17.3. The highest BCUT2D eigenvalue weighted by atomic mass is 32.1. The number of aliphatic hydroxyl groups excluding tert-OH is 1. The van der Waals surface area contributed by atoms with E-state index in [4.69, 9.17) is 4.74 Å². The van der Waals surface area contributed by atoms with Crippen LogP contribution in [0.15, 0.2) is 77.7 Å². The molecule has 1 fully saturated rings. The molecule has 2 aromatic carbocycles. The quantitative estimate of drug-likeness (QED) is 0.340. The summed E-state index contributed by atoms with van der Waals surface area (Å²) in [7, 11) is 0. The van der Waals surface area contributed by atoms with Gasteiger partial charge in [0.15, 0.2) is 0 Å². The molecule has 0 bridgehead atoms. The van der Waals surface area contributed by atoms with Crippen molar-refractivity contribution in [2.24, 2.45) is 0 Å². The zero-order chi connectivity index (χ0) is 21.1. The number of nitrogens with zero attached hydrogens (tertiary/aromatic N) is 1. The second kappa shape index (κ2) is 8.55. The molecular weight excluding hydrogens is 398 g/mol. The van der Waals surface area contributed by atoms with Crippen molar-refractivity contribution in [1.29, 1.82) is 0 Å². The first-order chi connectivity index (χ1) is 14.6. The summed E-state index contributed by atoms with van der Waals surface area (Å²) in [5, 5.41) is 13.0. The standard InChI is InChI=1S/C24H21NO4S/c1-2-13-29-18-11-6-8-16(15-18)22(26)20-21(19-12-7-14-30-19)25(24(28)23(20)27)17-9-4-3-5-10-17/h3-12,14-15,21,26H,2,13H2,1H3/b22-20-. The van der Waals surface area contributed by atoms with E-state index in [2.05, 4.69) is 0 Å². The van der Waals surface area contributed by atoms with E-state index in [9.17, 15) is 14.7 Å². The summed E-state index contributed by atoms with van der Waals surface area (Å²) >= 11 is 1.44. The first kappa shape index (κ1) is 19.9. The molecule has 0 saturated carbocycles. The molecule has 0 radical (unpaired) electrons. The number of benzene rings is 2. The Morgan fingerprint density at radius 3 is 2.57 bits per heavy atom.